The zero-order valence-electron chi connectivity index (χ0n) is 13.7. The standard InChI is InChI=1S/C17H20N4O3/c1-11(12-6-4-3-5-7-12)21-15(8-14(20-21)16(22)18-2)17(23)19-13-9-24-10-13/h3-8,11,13H,9-10H2,1-2H3,(H,18,22)(H,19,23)/t11-/m0/s1. The number of hydrogen-bond acceptors (Lipinski definition) is 4. The van der Waals surface area contributed by atoms with E-state index < -0.39 is 0 Å². The lowest BCUT2D eigenvalue weighted by Gasteiger charge is -2.27. The number of rotatable bonds is 5. The molecule has 1 aliphatic rings. The molecule has 0 aliphatic carbocycles. The number of amides is 2. The Labute approximate surface area is 140 Å². The summed E-state index contributed by atoms with van der Waals surface area (Å²) in [4.78, 5) is 24.5. The highest BCUT2D eigenvalue weighted by atomic mass is 16.5. The number of carbonyl (C=O) groups is 2. The second-order valence-electron chi connectivity index (χ2n) is 5.73. The summed E-state index contributed by atoms with van der Waals surface area (Å²) < 4.78 is 6.67. The van der Waals surface area contributed by atoms with Gasteiger partial charge in [0.15, 0.2) is 5.69 Å². The van der Waals surface area contributed by atoms with E-state index in [1.165, 1.54) is 13.1 Å². The Hall–Kier alpha value is -2.67. The molecule has 2 heterocycles. The van der Waals surface area contributed by atoms with E-state index in [4.69, 9.17) is 4.74 Å². The van der Waals surface area contributed by atoms with E-state index in [0.29, 0.717) is 18.9 Å². The predicted molar refractivity (Wildman–Crippen MR) is 87.9 cm³/mol. The molecule has 0 bridgehead atoms. The van der Waals surface area contributed by atoms with Crippen molar-refractivity contribution in [1.29, 1.82) is 0 Å². The lowest BCUT2D eigenvalue weighted by atomic mass is 10.1. The van der Waals surface area contributed by atoms with E-state index in [0.717, 1.165) is 5.56 Å². The van der Waals surface area contributed by atoms with Gasteiger partial charge in [0.25, 0.3) is 11.8 Å². The first-order valence-corrected chi connectivity index (χ1v) is 7.85. The van der Waals surface area contributed by atoms with Crippen LogP contribution in [0.25, 0.3) is 0 Å². The summed E-state index contributed by atoms with van der Waals surface area (Å²) in [6.45, 7) is 2.96. The van der Waals surface area contributed by atoms with Gasteiger partial charge < -0.3 is 15.4 Å². The van der Waals surface area contributed by atoms with Crippen LogP contribution in [0.2, 0.25) is 0 Å². The SMILES string of the molecule is CNC(=O)c1cc(C(=O)NC2COC2)n([C@@H](C)c2ccccc2)n1. The zero-order chi connectivity index (χ0) is 17.1. The summed E-state index contributed by atoms with van der Waals surface area (Å²) in [5, 5.41) is 9.77. The maximum atomic E-state index is 12.6. The molecule has 7 nitrogen and oxygen atoms in total. The van der Waals surface area contributed by atoms with Crippen LogP contribution >= 0.6 is 0 Å². The van der Waals surface area contributed by atoms with Crippen molar-refractivity contribution in [1.82, 2.24) is 20.4 Å². The first-order chi connectivity index (χ1) is 11.6. The third-order valence-corrected chi connectivity index (χ3v) is 4.05. The van der Waals surface area contributed by atoms with Crippen LogP contribution in [0.1, 0.15) is 39.5 Å². The number of nitrogens with one attached hydrogen (secondary N) is 2. The summed E-state index contributed by atoms with van der Waals surface area (Å²) in [6, 6.07) is 11.1. The third-order valence-electron chi connectivity index (χ3n) is 4.05. The van der Waals surface area contributed by atoms with Crippen molar-refractivity contribution in [2.24, 2.45) is 0 Å². The Morgan fingerprint density at radius 1 is 1.25 bits per heavy atom. The molecule has 2 aromatic rings. The first kappa shape index (κ1) is 16.2. The van der Waals surface area contributed by atoms with Crippen LogP contribution in [-0.4, -0.2) is 47.9 Å². The Bertz CT molecular complexity index is 738. The monoisotopic (exact) mass is 328 g/mol. The topological polar surface area (TPSA) is 85.3 Å². The summed E-state index contributed by atoms with van der Waals surface area (Å²) in [5.41, 5.74) is 1.58. The van der Waals surface area contributed by atoms with Crippen LogP contribution in [-0.2, 0) is 4.74 Å². The number of aromatic nitrogens is 2. The summed E-state index contributed by atoms with van der Waals surface area (Å²) >= 11 is 0. The van der Waals surface area contributed by atoms with Crippen molar-refractivity contribution < 1.29 is 14.3 Å². The van der Waals surface area contributed by atoms with Gasteiger partial charge >= 0.3 is 0 Å². The fourth-order valence-corrected chi connectivity index (χ4v) is 2.55. The Morgan fingerprint density at radius 3 is 2.54 bits per heavy atom. The second kappa shape index (κ2) is 6.84. The van der Waals surface area contributed by atoms with Gasteiger partial charge in [-0.1, -0.05) is 30.3 Å². The molecule has 1 aromatic carbocycles. The van der Waals surface area contributed by atoms with Gasteiger partial charge in [0, 0.05) is 13.1 Å². The number of benzene rings is 1. The lowest BCUT2D eigenvalue weighted by Crippen LogP contribution is -2.49. The maximum Gasteiger partial charge on any atom is 0.271 e. The largest absolute Gasteiger partial charge is 0.377 e. The molecule has 7 heteroatoms. The lowest BCUT2D eigenvalue weighted by molar-refractivity contribution is -0.00365. The molecule has 1 saturated heterocycles. The molecule has 2 N–H and O–H groups in total. The molecule has 0 saturated carbocycles. The van der Waals surface area contributed by atoms with Crippen LogP contribution in [0, 0.1) is 0 Å². The van der Waals surface area contributed by atoms with Gasteiger partial charge in [0.05, 0.1) is 25.3 Å². The minimum atomic E-state index is -0.324. The second-order valence-corrected chi connectivity index (χ2v) is 5.73. The first-order valence-electron chi connectivity index (χ1n) is 7.85. The third kappa shape index (κ3) is 3.16. The average molecular weight is 328 g/mol. The molecule has 0 radical (unpaired) electrons. The van der Waals surface area contributed by atoms with Gasteiger partial charge in [0.1, 0.15) is 5.69 Å². The normalized spacial score (nSPS) is 15.4. The van der Waals surface area contributed by atoms with E-state index >= 15 is 0 Å². The van der Waals surface area contributed by atoms with Gasteiger partial charge in [-0.25, -0.2) is 0 Å². The van der Waals surface area contributed by atoms with E-state index in [2.05, 4.69) is 15.7 Å². The summed E-state index contributed by atoms with van der Waals surface area (Å²) in [6.07, 6.45) is 0. The van der Waals surface area contributed by atoms with Crippen molar-refractivity contribution in [3.05, 3.63) is 53.3 Å². The molecule has 1 atom stereocenters. The minimum absolute atomic E-state index is 0.0105. The van der Waals surface area contributed by atoms with Crippen molar-refractivity contribution in [3.8, 4) is 0 Å². The highest BCUT2D eigenvalue weighted by Crippen LogP contribution is 2.20. The molecule has 1 aromatic heterocycles. The van der Waals surface area contributed by atoms with Gasteiger partial charge in [-0.3, -0.25) is 14.3 Å². The highest BCUT2D eigenvalue weighted by Gasteiger charge is 2.26. The highest BCUT2D eigenvalue weighted by molar-refractivity contribution is 5.98. The average Bonchev–Trinajstić information content (AvgIpc) is 3.02. The molecule has 1 aliphatic heterocycles. The molecule has 24 heavy (non-hydrogen) atoms. The van der Waals surface area contributed by atoms with Crippen LogP contribution in [0.4, 0.5) is 0 Å². The molecule has 2 amide bonds. The van der Waals surface area contributed by atoms with Crippen molar-refractivity contribution in [3.63, 3.8) is 0 Å². The Morgan fingerprint density at radius 2 is 1.96 bits per heavy atom. The molecule has 0 unspecified atom stereocenters. The van der Waals surface area contributed by atoms with Crippen molar-refractivity contribution in [2.45, 2.75) is 19.0 Å². The molecule has 0 spiro atoms. The molecule has 3 rings (SSSR count). The summed E-state index contributed by atoms with van der Waals surface area (Å²) in [5.74, 6) is -0.580. The number of carbonyl (C=O) groups excluding carboxylic acids is 2. The van der Waals surface area contributed by atoms with Crippen molar-refractivity contribution >= 4 is 11.8 Å². The smallest absolute Gasteiger partial charge is 0.271 e. The number of nitrogens with zero attached hydrogens (tertiary/aromatic N) is 2. The Balaban J connectivity index is 1.94. The van der Waals surface area contributed by atoms with Crippen molar-refractivity contribution in [2.75, 3.05) is 20.3 Å². The van der Waals surface area contributed by atoms with Crippen LogP contribution in [0.3, 0.4) is 0 Å². The van der Waals surface area contributed by atoms with Gasteiger partial charge in [-0.2, -0.15) is 5.10 Å². The predicted octanol–water partition coefficient (Wildman–Crippen LogP) is 0.981. The molecule has 126 valence electrons. The molecule has 1 fully saturated rings. The fourth-order valence-electron chi connectivity index (χ4n) is 2.55. The minimum Gasteiger partial charge on any atom is -0.377 e. The van der Waals surface area contributed by atoms with E-state index in [1.807, 2.05) is 37.3 Å². The van der Waals surface area contributed by atoms with E-state index in [-0.39, 0.29) is 29.6 Å². The van der Waals surface area contributed by atoms with Crippen LogP contribution in [0.15, 0.2) is 36.4 Å². The number of ether oxygens (including phenoxy) is 1. The fraction of sp³-hybridized carbons (Fsp3) is 0.353. The quantitative estimate of drug-likeness (QED) is 0.857. The van der Waals surface area contributed by atoms with E-state index in [1.54, 1.807) is 4.68 Å². The molecular formula is C17H20N4O3. The van der Waals surface area contributed by atoms with Gasteiger partial charge in [-0.15, -0.1) is 0 Å². The molecular weight excluding hydrogens is 308 g/mol. The Kier molecular flexibility index (Phi) is 4.61. The number of hydrogen-bond donors (Lipinski definition) is 2. The zero-order valence-corrected chi connectivity index (χ0v) is 13.7. The maximum absolute atomic E-state index is 12.6. The van der Waals surface area contributed by atoms with Crippen LogP contribution in [0.5, 0.6) is 0 Å². The van der Waals surface area contributed by atoms with Gasteiger partial charge in [-0.05, 0) is 12.5 Å². The van der Waals surface area contributed by atoms with E-state index in [9.17, 15) is 9.59 Å². The summed E-state index contributed by atoms with van der Waals surface area (Å²) in [7, 11) is 1.54. The van der Waals surface area contributed by atoms with Crippen LogP contribution < -0.4 is 10.6 Å². The van der Waals surface area contributed by atoms with Gasteiger partial charge in [0.2, 0.25) is 0 Å².